The molecule has 15 heavy (non-hydrogen) atoms. The largest absolute Gasteiger partial charge is 0.299 e. The Morgan fingerprint density at radius 2 is 1.27 bits per heavy atom. The van der Waals surface area contributed by atoms with Crippen molar-refractivity contribution in [2.24, 2.45) is 0 Å². The van der Waals surface area contributed by atoms with Crippen LogP contribution in [0.5, 0.6) is 0 Å². The normalized spacial score (nSPS) is 14.7. The van der Waals surface area contributed by atoms with Gasteiger partial charge >= 0.3 is 0 Å². The minimum atomic E-state index is 0.0620. The molecule has 0 fully saturated rings. The second kappa shape index (κ2) is 8.53. The van der Waals surface area contributed by atoms with Crippen LogP contribution in [0.4, 0.5) is 0 Å². The first-order chi connectivity index (χ1) is 7.02. The number of carbonyl (C=O) groups is 2. The Kier molecular flexibility index (Phi) is 8.75. The summed E-state index contributed by atoms with van der Waals surface area (Å²) in [5.74, 6) is 0.429. The Bertz CT molecular complexity index is 197. The summed E-state index contributed by atoms with van der Waals surface area (Å²) in [7, 11) is 4.70. The minimum Gasteiger partial charge on any atom is -0.299 e. The van der Waals surface area contributed by atoms with Crippen LogP contribution < -0.4 is 0 Å². The fourth-order valence-corrected chi connectivity index (χ4v) is 6.19. The van der Waals surface area contributed by atoms with E-state index in [0.717, 1.165) is 12.8 Å². The molecule has 0 radical (unpaired) electrons. The van der Waals surface area contributed by atoms with Gasteiger partial charge in [0.25, 0.3) is 0 Å². The SMILES string of the molecule is CCC(SSSC(CC)C(C)=O)C(C)=O. The van der Waals surface area contributed by atoms with E-state index in [2.05, 4.69) is 0 Å². The maximum Gasteiger partial charge on any atom is 0.143 e. The smallest absolute Gasteiger partial charge is 0.143 e. The number of ketones is 2. The zero-order valence-electron chi connectivity index (χ0n) is 9.61. The third-order valence-electron chi connectivity index (χ3n) is 1.96. The van der Waals surface area contributed by atoms with Crippen molar-refractivity contribution in [1.82, 2.24) is 0 Å². The Balaban J connectivity index is 3.85. The van der Waals surface area contributed by atoms with Gasteiger partial charge in [0.05, 0.1) is 10.5 Å². The van der Waals surface area contributed by atoms with E-state index in [9.17, 15) is 9.59 Å². The third kappa shape index (κ3) is 6.53. The van der Waals surface area contributed by atoms with Gasteiger partial charge in [-0.25, -0.2) is 0 Å². The van der Waals surface area contributed by atoms with Gasteiger partial charge in [-0.3, -0.25) is 9.59 Å². The van der Waals surface area contributed by atoms with Crippen LogP contribution in [0.25, 0.3) is 0 Å². The third-order valence-corrected chi connectivity index (χ3v) is 7.19. The van der Waals surface area contributed by atoms with E-state index in [1.54, 1.807) is 45.3 Å². The van der Waals surface area contributed by atoms with Crippen molar-refractivity contribution in [3.8, 4) is 0 Å². The van der Waals surface area contributed by atoms with Crippen LogP contribution in [0.3, 0.4) is 0 Å². The molecular weight excluding hydrogens is 248 g/mol. The van der Waals surface area contributed by atoms with E-state index in [1.807, 2.05) is 13.8 Å². The molecule has 2 atom stereocenters. The zero-order valence-corrected chi connectivity index (χ0v) is 12.1. The summed E-state index contributed by atoms with van der Waals surface area (Å²) >= 11 is 0. The maximum absolute atomic E-state index is 11.1. The zero-order chi connectivity index (χ0) is 11.8. The number of carbonyl (C=O) groups excluding carboxylic acids is 2. The minimum absolute atomic E-state index is 0.0620. The van der Waals surface area contributed by atoms with E-state index < -0.39 is 0 Å². The molecule has 0 aliphatic rings. The molecule has 88 valence electrons. The van der Waals surface area contributed by atoms with Crippen molar-refractivity contribution >= 4 is 43.0 Å². The van der Waals surface area contributed by atoms with Crippen LogP contribution in [0.1, 0.15) is 40.5 Å². The van der Waals surface area contributed by atoms with Gasteiger partial charge in [0.1, 0.15) is 11.6 Å². The molecule has 0 aromatic carbocycles. The van der Waals surface area contributed by atoms with E-state index >= 15 is 0 Å². The van der Waals surface area contributed by atoms with Gasteiger partial charge in [-0.2, -0.15) is 0 Å². The average Bonchev–Trinajstić information content (AvgIpc) is 2.17. The summed E-state index contributed by atoms with van der Waals surface area (Å²) < 4.78 is 0. The lowest BCUT2D eigenvalue weighted by Crippen LogP contribution is -2.12. The quantitative estimate of drug-likeness (QED) is 0.625. The van der Waals surface area contributed by atoms with Gasteiger partial charge < -0.3 is 0 Å². The lowest BCUT2D eigenvalue weighted by Gasteiger charge is -2.12. The van der Waals surface area contributed by atoms with Crippen molar-refractivity contribution in [3.05, 3.63) is 0 Å². The Labute approximate surface area is 104 Å². The van der Waals surface area contributed by atoms with E-state index in [-0.39, 0.29) is 22.1 Å². The molecule has 0 aliphatic heterocycles. The maximum atomic E-state index is 11.1. The molecule has 0 saturated heterocycles. The van der Waals surface area contributed by atoms with Gasteiger partial charge in [-0.05, 0) is 36.5 Å². The molecule has 0 heterocycles. The molecule has 0 saturated carbocycles. The number of Topliss-reactive ketones (excluding diaryl/α,β-unsaturated/α-hetero) is 2. The van der Waals surface area contributed by atoms with Crippen LogP contribution in [0, 0.1) is 0 Å². The molecule has 2 unspecified atom stereocenters. The molecule has 2 nitrogen and oxygen atoms in total. The lowest BCUT2D eigenvalue weighted by atomic mass is 10.2. The summed E-state index contributed by atoms with van der Waals surface area (Å²) in [6.45, 7) is 7.25. The second-order valence-electron chi connectivity index (χ2n) is 3.28. The topological polar surface area (TPSA) is 34.1 Å². The fraction of sp³-hybridized carbons (Fsp3) is 0.800. The van der Waals surface area contributed by atoms with Crippen LogP contribution >= 0.6 is 31.4 Å². The first kappa shape index (κ1) is 15.4. The lowest BCUT2D eigenvalue weighted by molar-refractivity contribution is -0.117. The molecule has 0 spiro atoms. The predicted octanol–water partition coefficient (Wildman–Crippen LogP) is 3.75. The summed E-state index contributed by atoms with van der Waals surface area (Å²) in [6.07, 6.45) is 1.70. The van der Waals surface area contributed by atoms with Gasteiger partial charge in [0.2, 0.25) is 0 Å². The van der Waals surface area contributed by atoms with Crippen molar-refractivity contribution < 1.29 is 9.59 Å². The Hall–Kier alpha value is 0.390. The molecule has 0 aliphatic carbocycles. The highest BCUT2D eigenvalue weighted by atomic mass is 33.5. The summed E-state index contributed by atoms with van der Waals surface area (Å²) in [5, 5.41) is 0.124. The van der Waals surface area contributed by atoms with Crippen molar-refractivity contribution in [2.45, 2.75) is 51.0 Å². The standard InChI is InChI=1S/C10H18O2S3/c1-5-9(7(3)11)13-15-14-10(6-2)8(4)12/h9-10H,5-6H2,1-4H3. The summed E-state index contributed by atoms with van der Waals surface area (Å²) in [5.41, 5.74) is 0. The van der Waals surface area contributed by atoms with Gasteiger partial charge in [0, 0.05) is 0 Å². The monoisotopic (exact) mass is 266 g/mol. The number of hydrogen-bond acceptors (Lipinski definition) is 5. The molecule has 5 heteroatoms. The van der Waals surface area contributed by atoms with Crippen LogP contribution in [0.15, 0.2) is 0 Å². The fourth-order valence-electron chi connectivity index (χ4n) is 0.964. The van der Waals surface area contributed by atoms with Gasteiger partial charge in [-0.1, -0.05) is 35.4 Å². The first-order valence-corrected chi connectivity index (χ1v) is 8.63. The van der Waals surface area contributed by atoms with Crippen LogP contribution in [0.2, 0.25) is 0 Å². The second-order valence-corrected chi connectivity index (χ2v) is 7.72. The highest BCUT2D eigenvalue weighted by molar-refractivity contribution is 9.09. The Morgan fingerprint density at radius 3 is 1.47 bits per heavy atom. The number of hydrogen-bond donors (Lipinski definition) is 0. The molecule has 0 aromatic rings. The molecule has 0 rings (SSSR count). The van der Waals surface area contributed by atoms with Crippen molar-refractivity contribution in [1.29, 1.82) is 0 Å². The van der Waals surface area contributed by atoms with E-state index in [0.29, 0.717) is 0 Å². The molecule has 0 N–H and O–H groups in total. The highest BCUT2D eigenvalue weighted by Crippen LogP contribution is 2.42. The summed E-state index contributed by atoms with van der Waals surface area (Å²) in [6, 6.07) is 0. The van der Waals surface area contributed by atoms with E-state index in [4.69, 9.17) is 0 Å². The van der Waals surface area contributed by atoms with Gasteiger partial charge in [-0.15, -0.1) is 0 Å². The van der Waals surface area contributed by atoms with Crippen molar-refractivity contribution in [2.75, 3.05) is 0 Å². The first-order valence-electron chi connectivity index (χ1n) is 5.02. The van der Waals surface area contributed by atoms with Crippen LogP contribution in [-0.4, -0.2) is 22.1 Å². The van der Waals surface area contributed by atoms with Gasteiger partial charge in [0.15, 0.2) is 0 Å². The summed E-state index contributed by atoms with van der Waals surface area (Å²) in [4.78, 5) is 22.3. The Morgan fingerprint density at radius 1 is 0.933 bits per heavy atom. The average molecular weight is 266 g/mol. The van der Waals surface area contributed by atoms with Crippen molar-refractivity contribution in [3.63, 3.8) is 0 Å². The molecule has 0 amide bonds. The molecule has 0 aromatic heterocycles. The molecule has 0 bridgehead atoms. The predicted molar refractivity (Wildman–Crippen MR) is 72.3 cm³/mol. The van der Waals surface area contributed by atoms with E-state index in [1.165, 1.54) is 0 Å². The highest BCUT2D eigenvalue weighted by Gasteiger charge is 2.16. The number of rotatable bonds is 8. The molecular formula is C10H18O2S3. The van der Waals surface area contributed by atoms with Crippen LogP contribution in [-0.2, 0) is 9.59 Å².